The minimum Gasteiger partial charge on any atom is -0.507 e. The molecule has 1 aromatic heterocycles. The maximum Gasteiger partial charge on any atom is 0.336 e. The molecule has 0 radical (unpaired) electrons. The third-order valence-corrected chi connectivity index (χ3v) is 3.09. The van der Waals surface area contributed by atoms with Gasteiger partial charge in [0, 0.05) is 23.1 Å². The molecule has 0 fully saturated rings. The minimum absolute atomic E-state index is 0.0493. The summed E-state index contributed by atoms with van der Waals surface area (Å²) in [6, 6.07) is 4.13. The van der Waals surface area contributed by atoms with Crippen LogP contribution in [0.5, 0.6) is 5.75 Å². The predicted octanol–water partition coefficient (Wildman–Crippen LogP) is 1.26. The highest BCUT2D eigenvalue weighted by atomic mass is 79.9. The highest BCUT2D eigenvalue weighted by Gasteiger charge is 2.11. The summed E-state index contributed by atoms with van der Waals surface area (Å²) in [4.78, 5) is 22.4. The predicted molar refractivity (Wildman–Crippen MR) is 70.7 cm³/mol. The van der Waals surface area contributed by atoms with Gasteiger partial charge < -0.3 is 20.0 Å². The van der Waals surface area contributed by atoms with E-state index in [2.05, 4.69) is 15.9 Å². The van der Waals surface area contributed by atoms with Crippen LogP contribution < -0.4 is 11.4 Å². The number of fused-ring (bicyclic) bond motifs is 1. The summed E-state index contributed by atoms with van der Waals surface area (Å²) < 4.78 is 10.3. The molecule has 7 heteroatoms. The summed E-state index contributed by atoms with van der Waals surface area (Å²) in [6.07, 6.45) is 0. The Balaban J connectivity index is 2.50. The van der Waals surface area contributed by atoms with Gasteiger partial charge in [0.25, 0.3) is 0 Å². The van der Waals surface area contributed by atoms with E-state index in [0.29, 0.717) is 15.4 Å². The molecule has 0 atom stereocenters. The lowest BCUT2D eigenvalue weighted by atomic mass is 10.1. The maximum atomic E-state index is 11.4. The van der Waals surface area contributed by atoms with Crippen LogP contribution in [0.3, 0.4) is 0 Å². The number of phenolic OH excluding ortho intramolecular Hbond substituents is 1. The molecule has 0 aliphatic carbocycles. The van der Waals surface area contributed by atoms with Gasteiger partial charge in [-0.1, -0.05) is 0 Å². The molecule has 3 N–H and O–H groups in total. The van der Waals surface area contributed by atoms with E-state index in [0.717, 1.165) is 0 Å². The van der Waals surface area contributed by atoms with E-state index in [1.165, 1.54) is 12.1 Å². The normalized spacial score (nSPS) is 10.6. The van der Waals surface area contributed by atoms with Crippen molar-refractivity contribution in [2.75, 3.05) is 6.54 Å². The first-order chi connectivity index (χ1) is 9.01. The van der Waals surface area contributed by atoms with Crippen molar-refractivity contribution in [2.45, 2.75) is 6.61 Å². The van der Waals surface area contributed by atoms with Crippen LogP contribution in [-0.2, 0) is 16.1 Å². The molecule has 0 aliphatic heterocycles. The fourth-order valence-electron chi connectivity index (χ4n) is 1.57. The van der Waals surface area contributed by atoms with E-state index in [9.17, 15) is 14.7 Å². The van der Waals surface area contributed by atoms with E-state index in [1.54, 1.807) is 6.07 Å². The summed E-state index contributed by atoms with van der Waals surface area (Å²) >= 11 is 3.17. The Kier molecular flexibility index (Phi) is 3.87. The first kappa shape index (κ1) is 13.6. The largest absolute Gasteiger partial charge is 0.507 e. The highest BCUT2D eigenvalue weighted by Crippen LogP contribution is 2.30. The molecule has 0 saturated heterocycles. The number of aromatic hydroxyl groups is 1. The van der Waals surface area contributed by atoms with Crippen molar-refractivity contribution in [3.63, 3.8) is 0 Å². The number of phenols is 1. The van der Waals surface area contributed by atoms with Crippen molar-refractivity contribution in [2.24, 2.45) is 5.73 Å². The molecule has 2 aromatic rings. The van der Waals surface area contributed by atoms with E-state index in [1.807, 2.05) is 0 Å². The van der Waals surface area contributed by atoms with Crippen LogP contribution in [0, 0.1) is 0 Å². The molecule has 0 saturated carbocycles. The van der Waals surface area contributed by atoms with Crippen LogP contribution in [0.4, 0.5) is 0 Å². The van der Waals surface area contributed by atoms with Gasteiger partial charge >= 0.3 is 11.6 Å². The Bertz CT molecular complexity index is 694. The zero-order valence-electron chi connectivity index (χ0n) is 9.68. The molecule has 19 heavy (non-hydrogen) atoms. The van der Waals surface area contributed by atoms with Crippen molar-refractivity contribution in [1.29, 1.82) is 0 Å². The van der Waals surface area contributed by atoms with Crippen LogP contribution in [-0.4, -0.2) is 17.6 Å². The highest BCUT2D eigenvalue weighted by molar-refractivity contribution is 9.10. The number of carbonyl (C=O) groups is 1. The van der Waals surface area contributed by atoms with Crippen LogP contribution in [0.1, 0.15) is 5.56 Å². The molecule has 1 aromatic carbocycles. The Labute approximate surface area is 115 Å². The number of halogens is 1. The molecule has 0 bridgehead atoms. The molecule has 1 heterocycles. The molecule has 6 nitrogen and oxygen atoms in total. The molecule has 0 spiro atoms. The lowest BCUT2D eigenvalue weighted by Crippen LogP contribution is -2.17. The minimum atomic E-state index is -0.590. The van der Waals surface area contributed by atoms with Crippen molar-refractivity contribution in [1.82, 2.24) is 0 Å². The lowest BCUT2D eigenvalue weighted by Gasteiger charge is -2.07. The van der Waals surface area contributed by atoms with Crippen LogP contribution in [0.25, 0.3) is 11.0 Å². The smallest absolute Gasteiger partial charge is 0.336 e. The number of rotatable bonds is 3. The van der Waals surface area contributed by atoms with Gasteiger partial charge in [-0.15, -0.1) is 0 Å². The standard InChI is InChI=1S/C12H10BrNO5/c13-8-2-7-6(5-18-12(17)4-14)1-11(16)19-10(7)3-9(8)15/h1-3,15H,4-5,14H2. The number of hydrogen-bond donors (Lipinski definition) is 2. The zero-order chi connectivity index (χ0) is 14.0. The van der Waals surface area contributed by atoms with Gasteiger partial charge in [0.1, 0.15) is 17.9 Å². The third kappa shape index (κ3) is 2.94. The SMILES string of the molecule is NCC(=O)OCc1cc(=O)oc2cc(O)c(Br)cc12. The lowest BCUT2D eigenvalue weighted by molar-refractivity contribution is -0.143. The second-order valence-electron chi connectivity index (χ2n) is 3.76. The number of nitrogens with two attached hydrogens (primary N) is 1. The summed E-state index contributed by atoms with van der Waals surface area (Å²) in [5, 5.41) is 10.1. The second kappa shape index (κ2) is 5.41. The van der Waals surface area contributed by atoms with Gasteiger partial charge in [-0.2, -0.15) is 0 Å². The summed E-state index contributed by atoms with van der Waals surface area (Å²) in [7, 11) is 0. The van der Waals surface area contributed by atoms with Gasteiger partial charge in [0.15, 0.2) is 0 Å². The fourth-order valence-corrected chi connectivity index (χ4v) is 1.92. The summed E-state index contributed by atoms with van der Waals surface area (Å²) in [5.41, 5.74) is 5.23. The molecular weight excluding hydrogens is 318 g/mol. The Hall–Kier alpha value is -1.86. The topological polar surface area (TPSA) is 103 Å². The quantitative estimate of drug-likeness (QED) is 0.650. The number of benzene rings is 1. The summed E-state index contributed by atoms with van der Waals surface area (Å²) in [5.74, 6) is -0.619. The summed E-state index contributed by atoms with van der Waals surface area (Å²) in [6.45, 7) is -0.320. The van der Waals surface area contributed by atoms with E-state index < -0.39 is 11.6 Å². The van der Waals surface area contributed by atoms with Gasteiger partial charge in [0.2, 0.25) is 0 Å². The van der Waals surface area contributed by atoms with Gasteiger partial charge in [-0.3, -0.25) is 4.79 Å². The average Bonchev–Trinajstić information content (AvgIpc) is 2.37. The van der Waals surface area contributed by atoms with Gasteiger partial charge in [0.05, 0.1) is 11.0 Å². The van der Waals surface area contributed by atoms with E-state index >= 15 is 0 Å². The van der Waals surface area contributed by atoms with Crippen LogP contribution >= 0.6 is 15.9 Å². The number of ether oxygens (including phenoxy) is 1. The Morgan fingerprint density at radius 1 is 1.42 bits per heavy atom. The van der Waals surface area contributed by atoms with Crippen LogP contribution in [0.15, 0.2) is 31.9 Å². The van der Waals surface area contributed by atoms with Gasteiger partial charge in [-0.05, 0) is 22.0 Å². The first-order valence-corrected chi connectivity index (χ1v) is 6.11. The van der Waals surface area contributed by atoms with Crippen molar-refractivity contribution < 1.29 is 19.1 Å². The Morgan fingerprint density at radius 2 is 2.16 bits per heavy atom. The van der Waals surface area contributed by atoms with E-state index in [4.69, 9.17) is 14.9 Å². The average molecular weight is 328 g/mol. The van der Waals surface area contributed by atoms with Crippen molar-refractivity contribution in [3.8, 4) is 5.75 Å². The second-order valence-corrected chi connectivity index (χ2v) is 4.61. The third-order valence-electron chi connectivity index (χ3n) is 2.45. The molecule has 100 valence electrons. The number of esters is 1. The molecule has 0 aliphatic rings. The Morgan fingerprint density at radius 3 is 2.84 bits per heavy atom. The first-order valence-electron chi connectivity index (χ1n) is 5.32. The zero-order valence-corrected chi connectivity index (χ0v) is 11.3. The fraction of sp³-hybridized carbons (Fsp3) is 0.167. The molecule has 0 unspecified atom stereocenters. The number of carbonyl (C=O) groups excluding carboxylic acids is 1. The molecule has 2 rings (SSSR count). The van der Waals surface area contributed by atoms with Crippen molar-refractivity contribution in [3.05, 3.63) is 38.7 Å². The van der Waals surface area contributed by atoms with E-state index in [-0.39, 0.29) is 24.5 Å². The number of hydrogen-bond acceptors (Lipinski definition) is 6. The van der Waals surface area contributed by atoms with Crippen LogP contribution in [0.2, 0.25) is 0 Å². The molecule has 0 amide bonds. The molecular formula is C12H10BrNO5. The van der Waals surface area contributed by atoms with Gasteiger partial charge in [-0.25, -0.2) is 4.79 Å². The monoisotopic (exact) mass is 327 g/mol. The van der Waals surface area contributed by atoms with Crippen molar-refractivity contribution >= 4 is 32.9 Å². The maximum absolute atomic E-state index is 11.4.